The maximum Gasteiger partial charge on any atom is 0.228 e. The number of carbonyl (C=O) groups excluding carboxylic acids is 3. The molecule has 26 heavy (non-hydrogen) atoms. The standard InChI is InChI=1S/C18H26N4O3S/c1-11(2)16(24)21-18-20-14(10-26-18)9-15(23)22-7-5-12(6-8-22)17(25)19-13-3-4-13/h10-13H,3-9H2,1-2H3,(H,19,25)(H,20,21,24). The highest BCUT2D eigenvalue weighted by molar-refractivity contribution is 7.13. The molecule has 0 spiro atoms. The minimum absolute atomic E-state index is 0.0248. The fraction of sp³-hybridized carbons (Fsp3) is 0.667. The topological polar surface area (TPSA) is 91.4 Å². The van der Waals surface area contributed by atoms with Gasteiger partial charge in [-0.2, -0.15) is 0 Å². The minimum Gasteiger partial charge on any atom is -0.353 e. The fourth-order valence-corrected chi connectivity index (χ4v) is 3.61. The Balaban J connectivity index is 1.44. The summed E-state index contributed by atoms with van der Waals surface area (Å²) in [7, 11) is 0. The number of rotatable bonds is 6. The van der Waals surface area contributed by atoms with E-state index in [0.29, 0.717) is 30.0 Å². The summed E-state index contributed by atoms with van der Waals surface area (Å²) in [6.07, 6.45) is 3.85. The zero-order valence-corrected chi connectivity index (χ0v) is 16.1. The van der Waals surface area contributed by atoms with Gasteiger partial charge < -0.3 is 15.5 Å². The number of aromatic nitrogens is 1. The van der Waals surface area contributed by atoms with E-state index in [-0.39, 0.29) is 36.0 Å². The molecule has 2 fully saturated rings. The van der Waals surface area contributed by atoms with Gasteiger partial charge in [-0.1, -0.05) is 13.8 Å². The number of nitrogens with one attached hydrogen (secondary N) is 2. The van der Waals surface area contributed by atoms with Crippen molar-refractivity contribution in [2.45, 2.75) is 52.0 Å². The third-order valence-electron chi connectivity index (χ3n) is 4.78. The summed E-state index contributed by atoms with van der Waals surface area (Å²) in [5.41, 5.74) is 0.674. The number of likely N-dealkylation sites (tertiary alicyclic amines) is 1. The van der Waals surface area contributed by atoms with Gasteiger partial charge in [0.15, 0.2) is 5.13 Å². The molecule has 1 aliphatic carbocycles. The van der Waals surface area contributed by atoms with Gasteiger partial charge in [0.2, 0.25) is 17.7 Å². The van der Waals surface area contributed by atoms with Crippen molar-refractivity contribution >= 4 is 34.2 Å². The smallest absolute Gasteiger partial charge is 0.228 e. The fourth-order valence-electron chi connectivity index (χ4n) is 2.90. The lowest BCUT2D eigenvalue weighted by Crippen LogP contribution is -2.44. The SMILES string of the molecule is CC(C)C(=O)Nc1nc(CC(=O)N2CCC(C(=O)NC3CC3)CC2)cs1. The Morgan fingerprint density at radius 2 is 1.92 bits per heavy atom. The van der Waals surface area contributed by atoms with Crippen molar-refractivity contribution in [3.05, 3.63) is 11.1 Å². The lowest BCUT2D eigenvalue weighted by Gasteiger charge is -2.31. The van der Waals surface area contributed by atoms with Crippen molar-refractivity contribution < 1.29 is 14.4 Å². The molecule has 2 N–H and O–H groups in total. The van der Waals surface area contributed by atoms with Gasteiger partial charge in [0.25, 0.3) is 0 Å². The minimum atomic E-state index is -0.109. The van der Waals surface area contributed by atoms with Crippen LogP contribution < -0.4 is 10.6 Å². The van der Waals surface area contributed by atoms with Crippen molar-refractivity contribution in [1.29, 1.82) is 0 Å². The number of amides is 3. The Bertz CT molecular complexity index is 676. The number of thiazole rings is 1. The van der Waals surface area contributed by atoms with Crippen LogP contribution >= 0.6 is 11.3 Å². The van der Waals surface area contributed by atoms with E-state index in [4.69, 9.17) is 0 Å². The van der Waals surface area contributed by atoms with E-state index in [1.54, 1.807) is 0 Å². The zero-order chi connectivity index (χ0) is 18.7. The number of piperidine rings is 1. The molecule has 3 rings (SSSR count). The van der Waals surface area contributed by atoms with Crippen LogP contribution in [-0.4, -0.2) is 46.7 Å². The molecular weight excluding hydrogens is 352 g/mol. The molecule has 0 aromatic carbocycles. The molecule has 0 atom stereocenters. The Kier molecular flexibility index (Phi) is 5.90. The van der Waals surface area contributed by atoms with Crippen molar-refractivity contribution in [1.82, 2.24) is 15.2 Å². The molecule has 142 valence electrons. The molecule has 1 aliphatic heterocycles. The van der Waals surface area contributed by atoms with Crippen LogP contribution in [0, 0.1) is 11.8 Å². The van der Waals surface area contributed by atoms with Crippen LogP contribution in [0.2, 0.25) is 0 Å². The van der Waals surface area contributed by atoms with E-state index >= 15 is 0 Å². The molecule has 3 amide bonds. The van der Waals surface area contributed by atoms with Crippen molar-refractivity contribution in [2.75, 3.05) is 18.4 Å². The molecule has 8 heteroatoms. The van der Waals surface area contributed by atoms with Gasteiger partial charge >= 0.3 is 0 Å². The van der Waals surface area contributed by atoms with Crippen LogP contribution in [0.4, 0.5) is 5.13 Å². The zero-order valence-electron chi connectivity index (χ0n) is 15.3. The molecule has 0 radical (unpaired) electrons. The van der Waals surface area contributed by atoms with Crippen molar-refractivity contribution in [3.8, 4) is 0 Å². The van der Waals surface area contributed by atoms with Gasteiger partial charge in [0.1, 0.15) is 0 Å². The van der Waals surface area contributed by atoms with E-state index in [0.717, 1.165) is 25.7 Å². The van der Waals surface area contributed by atoms with E-state index in [9.17, 15) is 14.4 Å². The van der Waals surface area contributed by atoms with Crippen LogP contribution in [0.1, 0.15) is 45.2 Å². The summed E-state index contributed by atoms with van der Waals surface area (Å²) >= 11 is 1.33. The second-order valence-corrected chi connectivity index (χ2v) is 8.26. The normalized spacial score (nSPS) is 18.0. The lowest BCUT2D eigenvalue weighted by atomic mass is 9.95. The van der Waals surface area contributed by atoms with Gasteiger partial charge in [0, 0.05) is 36.3 Å². The molecule has 1 aromatic rings. The largest absolute Gasteiger partial charge is 0.353 e. The molecule has 0 unspecified atom stereocenters. The van der Waals surface area contributed by atoms with Gasteiger partial charge in [-0.05, 0) is 25.7 Å². The second-order valence-electron chi connectivity index (χ2n) is 7.40. The van der Waals surface area contributed by atoms with Crippen molar-refractivity contribution in [3.63, 3.8) is 0 Å². The molecule has 2 heterocycles. The van der Waals surface area contributed by atoms with Gasteiger partial charge in [-0.3, -0.25) is 14.4 Å². The maximum absolute atomic E-state index is 12.5. The van der Waals surface area contributed by atoms with Crippen molar-refractivity contribution in [2.24, 2.45) is 11.8 Å². The first-order chi connectivity index (χ1) is 12.4. The first-order valence-corrected chi connectivity index (χ1v) is 10.1. The summed E-state index contributed by atoms with van der Waals surface area (Å²) < 4.78 is 0. The van der Waals surface area contributed by atoms with E-state index in [2.05, 4.69) is 15.6 Å². The van der Waals surface area contributed by atoms with Crippen LogP contribution in [0.3, 0.4) is 0 Å². The number of anilines is 1. The van der Waals surface area contributed by atoms with Crippen LogP contribution in [0.15, 0.2) is 5.38 Å². The van der Waals surface area contributed by atoms with E-state index in [1.165, 1.54) is 11.3 Å². The first-order valence-electron chi connectivity index (χ1n) is 9.25. The number of hydrogen-bond donors (Lipinski definition) is 2. The van der Waals surface area contributed by atoms with Crippen LogP contribution in [0.5, 0.6) is 0 Å². The molecule has 0 bridgehead atoms. The monoisotopic (exact) mass is 378 g/mol. The van der Waals surface area contributed by atoms with Gasteiger partial charge in [-0.15, -0.1) is 11.3 Å². The third kappa shape index (κ3) is 5.03. The first kappa shape index (κ1) is 18.8. The Hall–Kier alpha value is -1.96. The Morgan fingerprint density at radius 3 is 2.54 bits per heavy atom. The maximum atomic E-state index is 12.5. The van der Waals surface area contributed by atoms with Crippen LogP contribution in [-0.2, 0) is 20.8 Å². The molecule has 7 nitrogen and oxygen atoms in total. The summed E-state index contributed by atoms with van der Waals surface area (Å²) in [5, 5.41) is 8.14. The average molecular weight is 378 g/mol. The average Bonchev–Trinajstić information content (AvgIpc) is 3.33. The highest BCUT2D eigenvalue weighted by atomic mass is 32.1. The molecule has 1 saturated carbocycles. The van der Waals surface area contributed by atoms with E-state index in [1.807, 2.05) is 24.1 Å². The Morgan fingerprint density at radius 1 is 1.23 bits per heavy atom. The number of nitrogens with zero attached hydrogens (tertiary/aromatic N) is 2. The van der Waals surface area contributed by atoms with Crippen LogP contribution in [0.25, 0.3) is 0 Å². The predicted molar refractivity (Wildman–Crippen MR) is 99.8 cm³/mol. The highest BCUT2D eigenvalue weighted by Gasteiger charge is 2.31. The highest BCUT2D eigenvalue weighted by Crippen LogP contribution is 2.23. The molecule has 1 saturated heterocycles. The lowest BCUT2D eigenvalue weighted by molar-refractivity contribution is -0.135. The molecular formula is C18H26N4O3S. The molecule has 2 aliphatic rings. The van der Waals surface area contributed by atoms with Gasteiger partial charge in [-0.25, -0.2) is 4.98 Å². The van der Waals surface area contributed by atoms with Gasteiger partial charge in [0.05, 0.1) is 12.1 Å². The third-order valence-corrected chi connectivity index (χ3v) is 5.59. The predicted octanol–water partition coefficient (Wildman–Crippen LogP) is 1.80. The second kappa shape index (κ2) is 8.16. The summed E-state index contributed by atoms with van der Waals surface area (Å²) in [4.78, 5) is 42.4. The summed E-state index contributed by atoms with van der Waals surface area (Å²) in [5.74, 6) is 0.00524. The van der Waals surface area contributed by atoms with E-state index < -0.39 is 0 Å². The Labute approximate surface area is 157 Å². The summed E-state index contributed by atoms with van der Waals surface area (Å²) in [6.45, 7) is 4.87. The number of hydrogen-bond acceptors (Lipinski definition) is 5. The summed E-state index contributed by atoms with van der Waals surface area (Å²) in [6, 6.07) is 0.386. The number of carbonyl (C=O) groups is 3. The quantitative estimate of drug-likeness (QED) is 0.790. The molecule has 1 aromatic heterocycles.